The minimum absolute atomic E-state index is 0.0819. The lowest BCUT2D eigenvalue weighted by atomic mass is 10.1. The third-order valence-electron chi connectivity index (χ3n) is 5.37. The Morgan fingerprint density at radius 3 is 2.71 bits per heavy atom. The molecule has 1 saturated heterocycles. The van der Waals surface area contributed by atoms with Crippen molar-refractivity contribution in [3.05, 3.63) is 48.2 Å². The highest BCUT2D eigenvalue weighted by Gasteiger charge is 2.32. The Bertz CT molecular complexity index is 1050. The molecule has 0 radical (unpaired) electrons. The molecular formula is C23H30N6O2. The monoisotopic (exact) mass is 422 g/mol. The van der Waals surface area contributed by atoms with Gasteiger partial charge in [-0.3, -0.25) is 0 Å². The number of hydrogen-bond donors (Lipinski definition) is 2. The highest BCUT2D eigenvalue weighted by molar-refractivity contribution is 5.69. The number of amides is 1. The van der Waals surface area contributed by atoms with Gasteiger partial charge in [0.1, 0.15) is 11.4 Å². The molecule has 1 aliphatic rings. The Morgan fingerprint density at radius 1 is 1.23 bits per heavy atom. The number of nitrogens with two attached hydrogens (primary N) is 1. The van der Waals surface area contributed by atoms with E-state index in [9.17, 15) is 4.79 Å². The molecule has 3 aromatic rings. The van der Waals surface area contributed by atoms with Crippen LogP contribution >= 0.6 is 0 Å². The number of benzene rings is 1. The Hall–Kier alpha value is -3.13. The summed E-state index contributed by atoms with van der Waals surface area (Å²) >= 11 is 0. The summed E-state index contributed by atoms with van der Waals surface area (Å²) in [6, 6.07) is 12.0. The first-order chi connectivity index (χ1) is 14.8. The number of carbonyl (C=O) groups excluding carboxylic acids is 1. The van der Waals surface area contributed by atoms with Gasteiger partial charge in [0.2, 0.25) is 0 Å². The molecule has 8 nitrogen and oxygen atoms in total. The molecule has 3 N–H and O–H groups in total. The van der Waals surface area contributed by atoms with Gasteiger partial charge in [-0.2, -0.15) is 0 Å². The van der Waals surface area contributed by atoms with E-state index in [1.54, 1.807) is 0 Å². The number of likely N-dealkylation sites (tertiary alicyclic amines) is 1. The first-order valence-corrected chi connectivity index (χ1v) is 10.7. The van der Waals surface area contributed by atoms with Gasteiger partial charge in [-0.05, 0) is 51.3 Å². The second kappa shape index (κ2) is 8.55. The first kappa shape index (κ1) is 21.1. The zero-order valence-corrected chi connectivity index (χ0v) is 18.3. The van der Waals surface area contributed by atoms with Crippen molar-refractivity contribution in [3.63, 3.8) is 0 Å². The van der Waals surface area contributed by atoms with Crippen LogP contribution in [0.4, 0.5) is 10.6 Å². The molecule has 0 spiro atoms. The van der Waals surface area contributed by atoms with Gasteiger partial charge in [-0.1, -0.05) is 24.3 Å². The van der Waals surface area contributed by atoms with E-state index in [2.05, 4.69) is 10.3 Å². The molecule has 8 heteroatoms. The van der Waals surface area contributed by atoms with Crippen LogP contribution < -0.4 is 11.1 Å². The molecule has 1 fully saturated rings. The molecular weight excluding hydrogens is 392 g/mol. The molecule has 1 atom stereocenters. The van der Waals surface area contributed by atoms with Gasteiger partial charge in [-0.15, -0.1) is 5.10 Å². The van der Waals surface area contributed by atoms with Crippen molar-refractivity contribution in [1.29, 1.82) is 0 Å². The van der Waals surface area contributed by atoms with E-state index in [0.29, 0.717) is 13.1 Å². The van der Waals surface area contributed by atoms with Crippen LogP contribution in [0.15, 0.2) is 42.6 Å². The normalized spacial score (nSPS) is 16.6. The summed E-state index contributed by atoms with van der Waals surface area (Å²) in [7, 11) is 0. The molecule has 1 aromatic carbocycles. The molecule has 1 aliphatic heterocycles. The first-order valence-electron chi connectivity index (χ1n) is 10.7. The molecule has 0 saturated carbocycles. The van der Waals surface area contributed by atoms with Gasteiger partial charge in [0.15, 0.2) is 5.65 Å². The number of imidazole rings is 1. The minimum Gasteiger partial charge on any atom is -0.444 e. The second-order valence-electron chi connectivity index (χ2n) is 8.88. The number of nitrogens with zero attached hydrogens (tertiary/aromatic N) is 4. The number of carbonyl (C=O) groups is 1. The summed E-state index contributed by atoms with van der Waals surface area (Å²) < 4.78 is 7.39. The quantitative estimate of drug-likeness (QED) is 0.651. The molecule has 0 aliphatic carbocycles. The molecule has 164 valence electrons. The highest BCUT2D eigenvalue weighted by atomic mass is 16.6. The van der Waals surface area contributed by atoms with Crippen molar-refractivity contribution in [2.75, 3.05) is 18.4 Å². The summed E-state index contributed by atoms with van der Waals surface area (Å²) in [6.45, 7) is 7.52. The fourth-order valence-electron chi connectivity index (χ4n) is 3.81. The molecule has 2 aromatic heterocycles. The number of ether oxygens (including phenoxy) is 1. The van der Waals surface area contributed by atoms with Crippen molar-refractivity contribution >= 4 is 17.6 Å². The van der Waals surface area contributed by atoms with Gasteiger partial charge in [0, 0.05) is 25.2 Å². The Labute approximate surface area is 182 Å². The molecule has 1 amide bonds. The van der Waals surface area contributed by atoms with E-state index in [1.807, 2.05) is 72.8 Å². The Morgan fingerprint density at radius 2 is 2.00 bits per heavy atom. The van der Waals surface area contributed by atoms with Gasteiger partial charge < -0.3 is 20.7 Å². The average Bonchev–Trinajstić information content (AvgIpc) is 3.38. The van der Waals surface area contributed by atoms with Crippen LogP contribution in [0.2, 0.25) is 0 Å². The number of aromatic nitrogens is 3. The maximum atomic E-state index is 12.5. The van der Waals surface area contributed by atoms with Crippen LogP contribution in [-0.4, -0.2) is 50.3 Å². The van der Waals surface area contributed by atoms with Crippen LogP contribution in [0, 0.1) is 0 Å². The standard InChI is InChI=1S/C23H30N6O2/c1-23(2,3)31-22(30)28-12-4-5-18(28)14-25-20-10-11-21-26-15-19(29(21)27-20)17-8-6-16(13-24)7-9-17/h6-11,15,18H,4-5,12-14,24H2,1-3H3,(H,25,27)/t18-/m1/s1. The van der Waals surface area contributed by atoms with Crippen LogP contribution in [-0.2, 0) is 11.3 Å². The third-order valence-corrected chi connectivity index (χ3v) is 5.37. The molecule has 3 heterocycles. The van der Waals surface area contributed by atoms with Crippen molar-refractivity contribution in [1.82, 2.24) is 19.5 Å². The highest BCUT2D eigenvalue weighted by Crippen LogP contribution is 2.23. The lowest BCUT2D eigenvalue weighted by Gasteiger charge is -2.28. The van der Waals surface area contributed by atoms with Crippen LogP contribution in [0.1, 0.15) is 39.2 Å². The van der Waals surface area contributed by atoms with Gasteiger partial charge in [-0.25, -0.2) is 14.3 Å². The van der Waals surface area contributed by atoms with Crippen LogP contribution in [0.5, 0.6) is 0 Å². The predicted octanol–water partition coefficient (Wildman–Crippen LogP) is 3.67. The minimum atomic E-state index is -0.496. The van der Waals surface area contributed by atoms with E-state index in [4.69, 9.17) is 15.6 Å². The van der Waals surface area contributed by atoms with Crippen molar-refractivity contribution in [3.8, 4) is 11.3 Å². The number of anilines is 1. The van der Waals surface area contributed by atoms with E-state index >= 15 is 0 Å². The van der Waals surface area contributed by atoms with E-state index in [-0.39, 0.29) is 12.1 Å². The topological polar surface area (TPSA) is 97.8 Å². The maximum Gasteiger partial charge on any atom is 0.410 e. The molecule has 31 heavy (non-hydrogen) atoms. The summed E-state index contributed by atoms with van der Waals surface area (Å²) in [5, 5.41) is 8.12. The van der Waals surface area contributed by atoms with Crippen molar-refractivity contribution in [2.24, 2.45) is 5.73 Å². The SMILES string of the molecule is CC(C)(C)OC(=O)N1CCC[C@@H]1CNc1ccc2ncc(-c3ccc(CN)cc3)n2n1. The number of fused-ring (bicyclic) bond motifs is 1. The van der Waals surface area contributed by atoms with Gasteiger partial charge in [0.25, 0.3) is 0 Å². The second-order valence-corrected chi connectivity index (χ2v) is 8.88. The summed E-state index contributed by atoms with van der Waals surface area (Å²) in [5.74, 6) is 0.737. The average molecular weight is 423 g/mol. The fraction of sp³-hybridized carbons (Fsp3) is 0.435. The lowest BCUT2D eigenvalue weighted by Crippen LogP contribution is -2.42. The Balaban J connectivity index is 1.48. The largest absolute Gasteiger partial charge is 0.444 e. The van der Waals surface area contributed by atoms with Gasteiger partial charge in [0.05, 0.1) is 17.9 Å². The summed E-state index contributed by atoms with van der Waals surface area (Å²) in [4.78, 5) is 18.8. The lowest BCUT2D eigenvalue weighted by molar-refractivity contribution is 0.0235. The predicted molar refractivity (Wildman–Crippen MR) is 121 cm³/mol. The third kappa shape index (κ3) is 4.80. The number of nitrogens with one attached hydrogen (secondary N) is 1. The zero-order valence-electron chi connectivity index (χ0n) is 18.3. The summed E-state index contributed by atoms with van der Waals surface area (Å²) in [6.07, 6.45) is 3.49. The number of hydrogen-bond acceptors (Lipinski definition) is 6. The van der Waals surface area contributed by atoms with Crippen LogP contribution in [0.3, 0.4) is 0 Å². The van der Waals surface area contributed by atoms with Crippen molar-refractivity contribution in [2.45, 2.75) is 51.8 Å². The zero-order chi connectivity index (χ0) is 22.0. The summed E-state index contributed by atoms with van der Waals surface area (Å²) in [5.41, 5.74) is 9.01. The van der Waals surface area contributed by atoms with E-state index in [0.717, 1.165) is 47.7 Å². The number of rotatable bonds is 5. The molecule has 0 unspecified atom stereocenters. The smallest absolute Gasteiger partial charge is 0.410 e. The van der Waals surface area contributed by atoms with E-state index < -0.39 is 5.60 Å². The van der Waals surface area contributed by atoms with Gasteiger partial charge >= 0.3 is 6.09 Å². The Kier molecular flexibility index (Phi) is 5.82. The molecule has 0 bridgehead atoms. The van der Waals surface area contributed by atoms with Crippen LogP contribution in [0.25, 0.3) is 16.9 Å². The molecule has 4 rings (SSSR count). The van der Waals surface area contributed by atoms with E-state index in [1.165, 1.54) is 0 Å². The maximum absolute atomic E-state index is 12.5. The fourth-order valence-corrected chi connectivity index (χ4v) is 3.81. The van der Waals surface area contributed by atoms with Crippen molar-refractivity contribution < 1.29 is 9.53 Å².